The van der Waals surface area contributed by atoms with Crippen LogP contribution in [0.3, 0.4) is 0 Å². The van der Waals surface area contributed by atoms with Gasteiger partial charge in [0.25, 0.3) is 0 Å². The molecule has 0 atom stereocenters. The van der Waals surface area contributed by atoms with Crippen molar-refractivity contribution in [1.82, 2.24) is 0 Å². The van der Waals surface area contributed by atoms with Gasteiger partial charge in [0, 0.05) is 48.0 Å². The molecule has 0 aliphatic carbocycles. The van der Waals surface area contributed by atoms with Crippen LogP contribution in [0.1, 0.15) is 0 Å². The summed E-state index contributed by atoms with van der Waals surface area (Å²) in [6.07, 6.45) is 0. The van der Waals surface area contributed by atoms with Gasteiger partial charge in [0.05, 0.1) is 0 Å². The van der Waals surface area contributed by atoms with E-state index in [0.717, 1.165) is 44.4 Å². The molecule has 2 heterocycles. The van der Waals surface area contributed by atoms with Gasteiger partial charge >= 0.3 is 0 Å². The van der Waals surface area contributed by atoms with Gasteiger partial charge in [-0.15, -0.1) is 11.3 Å². The van der Waals surface area contributed by atoms with Crippen LogP contribution in [0.4, 0.5) is 17.1 Å². The molecule has 0 aliphatic rings. The van der Waals surface area contributed by atoms with Crippen LogP contribution in [0.25, 0.3) is 52.9 Å². The minimum Gasteiger partial charge on any atom is -0.456 e. The Morgan fingerprint density at radius 3 is 2.08 bits per heavy atom. The van der Waals surface area contributed by atoms with Crippen LogP contribution >= 0.6 is 11.3 Å². The van der Waals surface area contributed by atoms with Crippen LogP contribution in [0.2, 0.25) is 0 Å². The van der Waals surface area contributed by atoms with E-state index in [4.69, 9.17) is 4.42 Å². The third kappa shape index (κ3) is 3.25. The Morgan fingerprint density at radius 2 is 1.16 bits per heavy atom. The highest BCUT2D eigenvalue weighted by Crippen LogP contribution is 2.41. The smallest absolute Gasteiger partial charge is 0.136 e. The predicted octanol–water partition coefficient (Wildman–Crippen LogP) is 10.6. The quantitative estimate of drug-likeness (QED) is 0.244. The average Bonchev–Trinajstić information content (AvgIpc) is 3.50. The molecule has 3 heteroatoms. The Hall–Kier alpha value is -4.60. The zero-order valence-electron chi connectivity index (χ0n) is 19.9. The van der Waals surface area contributed by atoms with Crippen molar-refractivity contribution in [1.29, 1.82) is 0 Å². The van der Waals surface area contributed by atoms with Gasteiger partial charge in [-0.25, -0.2) is 0 Å². The minimum absolute atomic E-state index is 0.920. The van der Waals surface area contributed by atoms with E-state index in [-0.39, 0.29) is 0 Å². The highest BCUT2D eigenvalue weighted by atomic mass is 32.1. The molecule has 0 radical (unpaired) electrons. The van der Waals surface area contributed by atoms with Crippen LogP contribution in [-0.4, -0.2) is 0 Å². The molecule has 2 aromatic heterocycles. The lowest BCUT2D eigenvalue weighted by Gasteiger charge is -2.26. The van der Waals surface area contributed by atoms with Crippen molar-refractivity contribution >= 4 is 81.3 Å². The second-order valence-corrected chi connectivity index (χ2v) is 10.5. The second kappa shape index (κ2) is 7.95. The van der Waals surface area contributed by atoms with Crippen molar-refractivity contribution in [3.8, 4) is 0 Å². The molecule has 0 unspecified atom stereocenters. The number of para-hydroxylation sites is 2. The van der Waals surface area contributed by atoms with Crippen molar-refractivity contribution in [2.24, 2.45) is 0 Å². The fourth-order valence-electron chi connectivity index (χ4n) is 5.47. The molecular weight excluding hydrogens is 470 g/mol. The number of furan rings is 1. The maximum atomic E-state index is 6.19. The van der Waals surface area contributed by atoms with Crippen molar-refractivity contribution in [3.05, 3.63) is 127 Å². The zero-order chi connectivity index (χ0) is 24.3. The van der Waals surface area contributed by atoms with Gasteiger partial charge in [0.15, 0.2) is 0 Å². The number of thiophene rings is 1. The van der Waals surface area contributed by atoms with Crippen LogP contribution < -0.4 is 4.90 Å². The fraction of sp³-hybridized carbons (Fsp3) is 0. The first-order valence-corrected chi connectivity index (χ1v) is 13.2. The molecule has 0 fully saturated rings. The first-order valence-electron chi connectivity index (χ1n) is 12.4. The zero-order valence-corrected chi connectivity index (χ0v) is 20.7. The van der Waals surface area contributed by atoms with Gasteiger partial charge in [-0.2, -0.15) is 0 Å². The average molecular weight is 492 g/mol. The van der Waals surface area contributed by atoms with E-state index in [0.29, 0.717) is 0 Å². The predicted molar refractivity (Wildman–Crippen MR) is 159 cm³/mol. The maximum Gasteiger partial charge on any atom is 0.136 e. The molecule has 0 saturated heterocycles. The summed E-state index contributed by atoms with van der Waals surface area (Å²) in [7, 11) is 0. The Kier molecular flexibility index (Phi) is 4.42. The topological polar surface area (TPSA) is 16.4 Å². The number of benzene rings is 6. The fourth-order valence-corrected chi connectivity index (χ4v) is 6.61. The van der Waals surface area contributed by atoms with Crippen molar-refractivity contribution in [3.63, 3.8) is 0 Å². The lowest BCUT2D eigenvalue weighted by Crippen LogP contribution is -2.09. The number of anilines is 3. The monoisotopic (exact) mass is 491 g/mol. The normalized spacial score (nSPS) is 11.8. The van der Waals surface area contributed by atoms with Crippen LogP contribution in [0.5, 0.6) is 0 Å². The summed E-state index contributed by atoms with van der Waals surface area (Å²) in [5, 5.41) is 7.31. The summed E-state index contributed by atoms with van der Waals surface area (Å²) in [5.74, 6) is 0. The van der Waals surface area contributed by atoms with E-state index in [9.17, 15) is 0 Å². The molecule has 37 heavy (non-hydrogen) atoms. The molecule has 0 amide bonds. The van der Waals surface area contributed by atoms with Crippen LogP contribution in [-0.2, 0) is 0 Å². The SMILES string of the molecule is c1ccc(N(c2ccc3cc4c(cc3c2)oc2ccccc24)c2ccc3c(c2)sc2ccccc23)cc1. The molecule has 2 nitrogen and oxygen atoms in total. The van der Waals surface area contributed by atoms with Gasteiger partial charge < -0.3 is 9.32 Å². The number of hydrogen-bond acceptors (Lipinski definition) is 3. The number of fused-ring (bicyclic) bond motifs is 7. The second-order valence-electron chi connectivity index (χ2n) is 9.43. The number of hydrogen-bond donors (Lipinski definition) is 0. The van der Waals surface area contributed by atoms with Crippen molar-refractivity contribution in [2.75, 3.05) is 4.90 Å². The molecule has 0 aliphatic heterocycles. The van der Waals surface area contributed by atoms with E-state index in [1.165, 1.54) is 25.6 Å². The largest absolute Gasteiger partial charge is 0.456 e. The Morgan fingerprint density at radius 1 is 0.432 bits per heavy atom. The maximum absolute atomic E-state index is 6.19. The molecular formula is C34H21NOS. The highest BCUT2D eigenvalue weighted by Gasteiger charge is 2.16. The van der Waals surface area contributed by atoms with Crippen molar-refractivity contribution in [2.45, 2.75) is 0 Å². The minimum atomic E-state index is 0.920. The van der Waals surface area contributed by atoms with Gasteiger partial charge in [0.1, 0.15) is 11.2 Å². The lowest BCUT2D eigenvalue weighted by atomic mass is 10.0. The molecule has 8 rings (SSSR count). The molecule has 6 aromatic carbocycles. The first kappa shape index (κ1) is 20.6. The number of rotatable bonds is 3. The van der Waals surface area contributed by atoms with Crippen molar-refractivity contribution < 1.29 is 4.42 Å². The summed E-state index contributed by atoms with van der Waals surface area (Å²) < 4.78 is 8.81. The summed E-state index contributed by atoms with van der Waals surface area (Å²) >= 11 is 1.85. The summed E-state index contributed by atoms with van der Waals surface area (Å²) in [5.41, 5.74) is 5.25. The molecule has 8 aromatic rings. The highest BCUT2D eigenvalue weighted by molar-refractivity contribution is 7.25. The Balaban J connectivity index is 1.33. The van der Waals surface area contributed by atoms with E-state index in [1.54, 1.807) is 0 Å². The van der Waals surface area contributed by atoms with E-state index in [2.05, 4.69) is 120 Å². The molecule has 0 saturated carbocycles. The van der Waals surface area contributed by atoms with E-state index in [1.807, 2.05) is 23.5 Å². The van der Waals surface area contributed by atoms with Gasteiger partial charge in [-0.05, 0) is 71.4 Å². The van der Waals surface area contributed by atoms with Crippen LogP contribution in [0.15, 0.2) is 132 Å². The lowest BCUT2D eigenvalue weighted by molar-refractivity contribution is 0.669. The standard InChI is InChI=1S/C34H21NOS/c1-2-8-24(9-3-1)35(26-16-17-29-28-11-5-7-13-33(28)37-34(29)21-26)25-15-14-22-19-30-27-10-4-6-12-31(27)36-32(30)20-23(22)18-25/h1-21H. The summed E-state index contributed by atoms with van der Waals surface area (Å²) in [4.78, 5) is 2.34. The third-order valence-electron chi connectivity index (χ3n) is 7.21. The first-order chi connectivity index (χ1) is 18.3. The summed E-state index contributed by atoms with van der Waals surface area (Å²) in [6, 6.07) is 45.4. The molecule has 174 valence electrons. The van der Waals surface area contributed by atoms with Crippen LogP contribution in [0, 0.1) is 0 Å². The Bertz CT molecular complexity index is 2100. The van der Waals surface area contributed by atoms with Gasteiger partial charge in [0.2, 0.25) is 0 Å². The summed E-state index contributed by atoms with van der Waals surface area (Å²) in [6.45, 7) is 0. The van der Waals surface area contributed by atoms with E-state index < -0.39 is 0 Å². The Labute approximate surface area is 217 Å². The van der Waals surface area contributed by atoms with Gasteiger partial charge in [-0.3, -0.25) is 0 Å². The molecule has 0 spiro atoms. The number of nitrogens with zero attached hydrogens (tertiary/aromatic N) is 1. The van der Waals surface area contributed by atoms with Gasteiger partial charge in [-0.1, -0.05) is 66.7 Å². The van der Waals surface area contributed by atoms with E-state index >= 15 is 0 Å². The molecule has 0 bridgehead atoms. The molecule has 0 N–H and O–H groups in total. The third-order valence-corrected chi connectivity index (χ3v) is 8.35.